The molecule has 25 heavy (non-hydrogen) atoms. The quantitative estimate of drug-likeness (QED) is 0.768. The number of hydrogen-bond donors (Lipinski definition) is 1. The molecule has 0 aliphatic carbocycles. The number of pyridine rings is 1. The first-order chi connectivity index (χ1) is 11.7. The van der Waals surface area contributed by atoms with E-state index < -0.39 is 27.9 Å². The van der Waals surface area contributed by atoms with Gasteiger partial charge in [-0.3, -0.25) is 4.79 Å². The second kappa shape index (κ2) is 7.16. The van der Waals surface area contributed by atoms with Gasteiger partial charge in [-0.05, 0) is 12.1 Å². The molecule has 1 aromatic heterocycles. The van der Waals surface area contributed by atoms with E-state index in [0.717, 1.165) is 4.31 Å². The third-order valence-electron chi connectivity index (χ3n) is 3.79. The van der Waals surface area contributed by atoms with Crippen molar-refractivity contribution in [1.29, 1.82) is 0 Å². The molecule has 2 rings (SSSR count). The van der Waals surface area contributed by atoms with Crippen molar-refractivity contribution in [2.24, 2.45) is 5.92 Å². The molecule has 8 nitrogen and oxygen atoms in total. The van der Waals surface area contributed by atoms with Crippen LogP contribution in [0.1, 0.15) is 17.4 Å². The average molecular weight is 366 g/mol. The van der Waals surface area contributed by atoms with Gasteiger partial charge in [-0.25, -0.2) is 22.5 Å². The monoisotopic (exact) mass is 366 g/mol. The van der Waals surface area contributed by atoms with Crippen LogP contribution in [0.2, 0.25) is 0 Å². The fourth-order valence-corrected chi connectivity index (χ4v) is 3.85. The lowest BCUT2D eigenvalue weighted by Crippen LogP contribution is -2.33. The van der Waals surface area contributed by atoms with E-state index >= 15 is 0 Å². The number of methoxy groups -OCH3 is 1. The second-order valence-electron chi connectivity index (χ2n) is 5.53. The van der Waals surface area contributed by atoms with Gasteiger partial charge in [0.25, 0.3) is 0 Å². The Morgan fingerprint density at radius 2 is 1.96 bits per heavy atom. The fourth-order valence-electron chi connectivity index (χ4n) is 2.39. The summed E-state index contributed by atoms with van der Waals surface area (Å²) in [6.45, 7) is 1.25. The van der Waals surface area contributed by atoms with E-state index in [1.165, 1.54) is 45.5 Å². The number of fused-ring (bicyclic) bond motifs is 1. The van der Waals surface area contributed by atoms with Crippen LogP contribution in [0.4, 0.5) is 0 Å². The van der Waals surface area contributed by atoms with Crippen molar-refractivity contribution in [3.8, 4) is 0 Å². The first kappa shape index (κ1) is 18.8. The molecule has 9 heteroatoms. The number of esters is 1. The summed E-state index contributed by atoms with van der Waals surface area (Å²) in [6, 6.07) is 5.97. The van der Waals surface area contributed by atoms with Gasteiger partial charge >= 0.3 is 11.9 Å². The van der Waals surface area contributed by atoms with E-state index in [1.54, 1.807) is 6.07 Å². The number of rotatable bonds is 6. The van der Waals surface area contributed by atoms with Gasteiger partial charge in [0, 0.05) is 30.6 Å². The Morgan fingerprint density at radius 3 is 2.56 bits per heavy atom. The number of carboxylic acid groups (broad SMARTS) is 1. The van der Waals surface area contributed by atoms with Crippen LogP contribution in [-0.2, 0) is 19.6 Å². The summed E-state index contributed by atoms with van der Waals surface area (Å²) in [4.78, 5) is 26.7. The highest BCUT2D eigenvalue weighted by atomic mass is 32.2. The number of nitrogens with zero attached hydrogens (tertiary/aromatic N) is 2. The molecule has 1 aromatic carbocycles. The number of benzene rings is 1. The molecule has 0 spiro atoms. The Labute approximate surface area is 145 Å². The van der Waals surface area contributed by atoms with Crippen molar-refractivity contribution in [2.45, 2.75) is 11.8 Å². The van der Waals surface area contributed by atoms with Gasteiger partial charge in [0.1, 0.15) is 0 Å². The highest BCUT2D eigenvalue weighted by molar-refractivity contribution is 7.89. The van der Waals surface area contributed by atoms with E-state index in [9.17, 15) is 18.0 Å². The van der Waals surface area contributed by atoms with Gasteiger partial charge in [-0.15, -0.1) is 0 Å². The SMILES string of the molecule is COC(=O)c1nccc2c(S(=O)(=O)N(C)CC(C)C(=O)O)cccc12. The standard InChI is InChI=1S/C16H18N2O6S/c1-10(15(19)20)9-18(2)25(22,23)13-6-4-5-12-11(13)7-8-17-14(12)16(21)24-3/h4-8,10H,9H2,1-3H3,(H,19,20). The molecule has 134 valence electrons. The maximum atomic E-state index is 12.9. The molecule has 0 aliphatic heterocycles. The van der Waals surface area contributed by atoms with Gasteiger partial charge in [-0.2, -0.15) is 0 Å². The van der Waals surface area contributed by atoms with Gasteiger partial charge in [-0.1, -0.05) is 19.1 Å². The molecule has 1 heterocycles. The highest BCUT2D eigenvalue weighted by Gasteiger charge is 2.27. The summed E-state index contributed by atoms with van der Waals surface area (Å²) in [5.74, 6) is -2.62. The van der Waals surface area contributed by atoms with Crippen LogP contribution in [0.3, 0.4) is 0 Å². The van der Waals surface area contributed by atoms with Crippen LogP contribution in [0.15, 0.2) is 35.4 Å². The van der Waals surface area contributed by atoms with Crippen LogP contribution in [0.5, 0.6) is 0 Å². The number of aromatic nitrogens is 1. The number of ether oxygens (including phenoxy) is 1. The number of carboxylic acids is 1. The normalized spacial score (nSPS) is 13.0. The van der Waals surface area contributed by atoms with Crippen LogP contribution in [-0.4, -0.2) is 55.5 Å². The lowest BCUT2D eigenvalue weighted by atomic mass is 10.1. The lowest BCUT2D eigenvalue weighted by Gasteiger charge is -2.20. The summed E-state index contributed by atoms with van der Waals surface area (Å²) in [5, 5.41) is 9.64. The van der Waals surface area contributed by atoms with Gasteiger partial charge < -0.3 is 9.84 Å². The van der Waals surface area contributed by atoms with Crippen molar-refractivity contribution < 1.29 is 27.9 Å². The maximum absolute atomic E-state index is 12.9. The first-order valence-corrected chi connectivity index (χ1v) is 8.79. The van der Waals surface area contributed by atoms with E-state index in [4.69, 9.17) is 5.11 Å². The molecule has 0 amide bonds. The van der Waals surface area contributed by atoms with E-state index in [2.05, 4.69) is 9.72 Å². The first-order valence-electron chi connectivity index (χ1n) is 7.35. The largest absolute Gasteiger partial charge is 0.481 e. The zero-order valence-electron chi connectivity index (χ0n) is 14.0. The van der Waals surface area contributed by atoms with E-state index in [-0.39, 0.29) is 17.1 Å². The Hall–Kier alpha value is -2.52. The van der Waals surface area contributed by atoms with Crippen molar-refractivity contribution in [2.75, 3.05) is 20.7 Å². The molecule has 0 aliphatic rings. The van der Waals surface area contributed by atoms with Gasteiger partial charge in [0.05, 0.1) is 17.9 Å². The molecule has 0 fully saturated rings. The molecule has 0 bridgehead atoms. The molecule has 1 atom stereocenters. The average Bonchev–Trinajstić information content (AvgIpc) is 2.59. The van der Waals surface area contributed by atoms with Crippen LogP contribution in [0, 0.1) is 5.92 Å². The number of aliphatic carboxylic acids is 1. The highest BCUT2D eigenvalue weighted by Crippen LogP contribution is 2.27. The number of carbonyl (C=O) groups excluding carboxylic acids is 1. The fraction of sp³-hybridized carbons (Fsp3) is 0.312. The van der Waals surface area contributed by atoms with E-state index in [1.807, 2.05) is 0 Å². The maximum Gasteiger partial charge on any atom is 0.357 e. The topological polar surface area (TPSA) is 114 Å². The minimum atomic E-state index is -3.95. The van der Waals surface area contributed by atoms with Crippen molar-refractivity contribution >= 4 is 32.7 Å². The summed E-state index contributed by atoms with van der Waals surface area (Å²) in [7, 11) is -1.42. The predicted octanol–water partition coefficient (Wildman–Crippen LogP) is 1.36. The van der Waals surface area contributed by atoms with E-state index in [0.29, 0.717) is 10.8 Å². The molecule has 0 radical (unpaired) electrons. The third-order valence-corrected chi connectivity index (χ3v) is 5.67. The summed E-state index contributed by atoms with van der Waals surface area (Å²) >= 11 is 0. The number of sulfonamides is 1. The van der Waals surface area contributed by atoms with Crippen molar-refractivity contribution in [1.82, 2.24) is 9.29 Å². The number of hydrogen-bond acceptors (Lipinski definition) is 6. The number of carbonyl (C=O) groups is 2. The molecule has 0 saturated carbocycles. The third kappa shape index (κ3) is 3.62. The zero-order valence-corrected chi connectivity index (χ0v) is 14.8. The second-order valence-corrected chi connectivity index (χ2v) is 7.54. The molecule has 0 saturated heterocycles. The molecular weight excluding hydrogens is 348 g/mol. The summed E-state index contributed by atoms with van der Waals surface area (Å²) in [5.41, 5.74) is 0.0126. The molecule has 1 unspecified atom stereocenters. The van der Waals surface area contributed by atoms with Crippen molar-refractivity contribution in [3.63, 3.8) is 0 Å². The Balaban J connectivity index is 2.57. The van der Waals surface area contributed by atoms with Crippen LogP contribution >= 0.6 is 0 Å². The Morgan fingerprint density at radius 1 is 1.28 bits per heavy atom. The molecular formula is C16H18N2O6S. The Kier molecular flexibility index (Phi) is 5.39. The van der Waals surface area contributed by atoms with Gasteiger partial charge in [0.15, 0.2) is 5.69 Å². The van der Waals surface area contributed by atoms with Crippen LogP contribution in [0.25, 0.3) is 10.8 Å². The Bertz CT molecular complexity index is 925. The van der Waals surface area contributed by atoms with Crippen molar-refractivity contribution in [3.05, 3.63) is 36.2 Å². The predicted molar refractivity (Wildman–Crippen MR) is 89.7 cm³/mol. The minimum absolute atomic E-state index is 0.0126. The van der Waals surface area contributed by atoms with Crippen LogP contribution < -0.4 is 0 Å². The zero-order chi connectivity index (χ0) is 18.8. The molecule has 2 aromatic rings. The minimum Gasteiger partial charge on any atom is -0.481 e. The molecule has 1 N–H and O–H groups in total. The van der Waals surface area contributed by atoms with Gasteiger partial charge in [0.2, 0.25) is 10.0 Å². The lowest BCUT2D eigenvalue weighted by molar-refractivity contribution is -0.141. The summed E-state index contributed by atoms with van der Waals surface area (Å²) in [6.07, 6.45) is 1.33. The summed E-state index contributed by atoms with van der Waals surface area (Å²) < 4.78 is 31.4. The smallest absolute Gasteiger partial charge is 0.357 e.